The van der Waals surface area contributed by atoms with Gasteiger partial charge in [-0.1, -0.05) is 12.1 Å². The molecule has 4 aromatic rings. The maximum atomic E-state index is 12.9. The van der Waals surface area contributed by atoms with E-state index < -0.39 is 18.1 Å². The second-order valence-electron chi connectivity index (χ2n) is 6.37. The molecule has 4 rings (SSSR count). The monoisotopic (exact) mass is 458 g/mol. The summed E-state index contributed by atoms with van der Waals surface area (Å²) in [5.74, 6) is -0.969. The number of carboxylic acids is 1. The van der Waals surface area contributed by atoms with E-state index >= 15 is 0 Å². The number of hydrogen-bond donors (Lipinski definition) is 1. The molecule has 0 amide bonds. The molecular weight excluding hydrogens is 445 g/mol. The van der Waals surface area contributed by atoms with Crippen LogP contribution in [-0.4, -0.2) is 11.1 Å². The normalized spacial score (nSPS) is 10.7. The van der Waals surface area contributed by atoms with Crippen molar-refractivity contribution in [1.82, 2.24) is 0 Å². The summed E-state index contributed by atoms with van der Waals surface area (Å²) in [6, 6.07) is 19.0. The Morgan fingerprint density at radius 2 is 1.13 bits per heavy atom. The smallest absolute Gasteiger partial charge is 0.344 e. The van der Waals surface area contributed by atoms with Crippen molar-refractivity contribution in [2.24, 2.45) is 0 Å². The van der Waals surface area contributed by atoms with Crippen LogP contribution < -0.4 is 4.74 Å². The molecule has 31 heavy (non-hydrogen) atoms. The standard InChI is InChI=1S/C23H13F3O3S2/c24-21(25)22(26)29-16-7-5-14(6-8-16)18-10-12-20(31-18)19-11-9-17(30-19)13-1-3-15(4-2-13)23(27)28/h1-12H,(H,27,28). The predicted molar refractivity (Wildman–Crippen MR) is 116 cm³/mol. The molecule has 0 spiro atoms. The number of halogens is 3. The molecule has 0 saturated carbocycles. The average molecular weight is 458 g/mol. The van der Waals surface area contributed by atoms with E-state index in [0.717, 1.165) is 30.6 Å². The van der Waals surface area contributed by atoms with Crippen LogP contribution >= 0.6 is 22.7 Å². The van der Waals surface area contributed by atoms with Crippen LogP contribution in [-0.2, 0) is 0 Å². The van der Waals surface area contributed by atoms with Crippen LogP contribution in [0.4, 0.5) is 13.2 Å². The Morgan fingerprint density at radius 1 is 0.677 bits per heavy atom. The molecule has 3 nitrogen and oxygen atoms in total. The molecule has 0 saturated heterocycles. The zero-order chi connectivity index (χ0) is 22.0. The summed E-state index contributed by atoms with van der Waals surface area (Å²) < 4.78 is 41.6. The second kappa shape index (κ2) is 8.79. The highest BCUT2D eigenvalue weighted by atomic mass is 32.1. The maximum Gasteiger partial charge on any atom is 0.344 e. The van der Waals surface area contributed by atoms with E-state index in [0.29, 0.717) is 0 Å². The van der Waals surface area contributed by atoms with Crippen molar-refractivity contribution < 1.29 is 27.8 Å². The summed E-state index contributed by atoms with van der Waals surface area (Å²) in [4.78, 5) is 15.1. The van der Waals surface area contributed by atoms with Gasteiger partial charge < -0.3 is 9.84 Å². The maximum absolute atomic E-state index is 12.9. The lowest BCUT2D eigenvalue weighted by Gasteiger charge is -2.03. The zero-order valence-corrected chi connectivity index (χ0v) is 17.3. The first kappa shape index (κ1) is 20.9. The Labute approximate surface area is 183 Å². The topological polar surface area (TPSA) is 46.5 Å². The first-order chi connectivity index (χ1) is 14.9. The molecular formula is C23H13F3O3S2. The van der Waals surface area contributed by atoms with E-state index in [1.807, 2.05) is 24.3 Å². The van der Waals surface area contributed by atoms with E-state index in [1.54, 1.807) is 59.1 Å². The first-order valence-corrected chi connectivity index (χ1v) is 10.6. The fraction of sp³-hybridized carbons (Fsp3) is 0. The molecule has 0 aliphatic rings. The highest BCUT2D eigenvalue weighted by molar-refractivity contribution is 7.25. The number of carboxylic acid groups (broad SMARTS) is 1. The van der Waals surface area contributed by atoms with Crippen molar-refractivity contribution in [3.05, 3.63) is 90.5 Å². The number of rotatable bonds is 6. The van der Waals surface area contributed by atoms with E-state index in [2.05, 4.69) is 4.74 Å². The number of carbonyl (C=O) groups is 1. The van der Waals surface area contributed by atoms with E-state index in [-0.39, 0.29) is 11.3 Å². The van der Waals surface area contributed by atoms with Gasteiger partial charge in [0, 0.05) is 19.5 Å². The molecule has 0 atom stereocenters. The summed E-state index contributed by atoms with van der Waals surface area (Å²) in [5, 5.41) is 9.02. The molecule has 0 aliphatic carbocycles. The summed E-state index contributed by atoms with van der Waals surface area (Å²) >= 11 is 3.17. The summed E-state index contributed by atoms with van der Waals surface area (Å²) in [6.45, 7) is 0. The van der Waals surface area contributed by atoms with Crippen molar-refractivity contribution in [3.63, 3.8) is 0 Å². The van der Waals surface area contributed by atoms with Crippen molar-refractivity contribution in [2.45, 2.75) is 0 Å². The molecule has 0 unspecified atom stereocenters. The summed E-state index contributed by atoms with van der Waals surface area (Å²) in [7, 11) is 0. The van der Waals surface area contributed by atoms with Crippen molar-refractivity contribution in [3.8, 4) is 36.4 Å². The van der Waals surface area contributed by atoms with Crippen LogP contribution in [0.5, 0.6) is 5.75 Å². The summed E-state index contributed by atoms with van der Waals surface area (Å²) in [6.07, 6.45) is -2.50. The van der Waals surface area contributed by atoms with Gasteiger partial charge in [0.2, 0.25) is 0 Å². The Kier molecular flexibility index (Phi) is 5.92. The predicted octanol–water partition coefficient (Wildman–Crippen LogP) is 7.92. The fourth-order valence-corrected chi connectivity index (χ4v) is 4.97. The average Bonchev–Trinajstić information content (AvgIpc) is 3.44. The second-order valence-corrected chi connectivity index (χ2v) is 8.54. The number of aromatic carboxylic acids is 1. The van der Waals surface area contributed by atoms with Crippen molar-refractivity contribution >= 4 is 28.6 Å². The van der Waals surface area contributed by atoms with Gasteiger partial charge in [0.15, 0.2) is 0 Å². The molecule has 1 N–H and O–H groups in total. The van der Waals surface area contributed by atoms with Crippen molar-refractivity contribution in [2.75, 3.05) is 0 Å². The number of hydrogen-bond acceptors (Lipinski definition) is 4. The van der Waals surface area contributed by atoms with Gasteiger partial charge in [-0.25, -0.2) is 4.79 Å². The molecule has 0 radical (unpaired) electrons. The third kappa shape index (κ3) is 4.70. The van der Waals surface area contributed by atoms with E-state index in [4.69, 9.17) is 5.11 Å². The minimum Gasteiger partial charge on any atom is -0.478 e. The van der Waals surface area contributed by atoms with Gasteiger partial charge in [0.05, 0.1) is 5.56 Å². The Morgan fingerprint density at radius 3 is 1.58 bits per heavy atom. The molecule has 2 aromatic heterocycles. The fourth-order valence-electron chi connectivity index (χ4n) is 2.86. The van der Waals surface area contributed by atoms with Gasteiger partial charge in [-0.15, -0.1) is 22.7 Å². The number of ether oxygens (including phenoxy) is 1. The zero-order valence-electron chi connectivity index (χ0n) is 15.6. The van der Waals surface area contributed by atoms with Crippen molar-refractivity contribution in [1.29, 1.82) is 0 Å². The Hall–Kier alpha value is -3.36. The van der Waals surface area contributed by atoms with Crippen LogP contribution in [0.3, 0.4) is 0 Å². The largest absolute Gasteiger partial charge is 0.478 e. The SMILES string of the molecule is O=C(O)c1ccc(-c2ccc(-c3ccc(-c4ccc(OC(F)=C(F)F)cc4)s3)s2)cc1. The lowest BCUT2D eigenvalue weighted by Crippen LogP contribution is -1.94. The van der Waals surface area contributed by atoms with Crippen LogP contribution in [0.25, 0.3) is 30.6 Å². The third-order valence-corrected chi connectivity index (χ3v) is 6.83. The molecule has 2 heterocycles. The van der Waals surface area contributed by atoms with Gasteiger partial charge in [0.1, 0.15) is 5.75 Å². The quantitative estimate of drug-likeness (QED) is 0.299. The number of thiophene rings is 2. The van der Waals surface area contributed by atoms with Crippen LogP contribution in [0, 0.1) is 0 Å². The van der Waals surface area contributed by atoms with E-state index in [9.17, 15) is 18.0 Å². The highest BCUT2D eigenvalue weighted by Gasteiger charge is 2.11. The number of benzene rings is 2. The van der Waals surface area contributed by atoms with Gasteiger partial charge in [-0.2, -0.15) is 13.2 Å². The van der Waals surface area contributed by atoms with Gasteiger partial charge >= 0.3 is 18.1 Å². The first-order valence-electron chi connectivity index (χ1n) is 8.93. The minimum absolute atomic E-state index is 0.0114. The molecule has 0 fully saturated rings. The van der Waals surface area contributed by atoms with Gasteiger partial charge in [-0.3, -0.25) is 0 Å². The van der Waals surface area contributed by atoms with Crippen LogP contribution in [0.1, 0.15) is 10.4 Å². The third-order valence-electron chi connectivity index (χ3n) is 4.37. The minimum atomic E-state index is -2.50. The lowest BCUT2D eigenvalue weighted by molar-refractivity contribution is 0.0697. The van der Waals surface area contributed by atoms with Crippen LogP contribution in [0.15, 0.2) is 84.9 Å². The lowest BCUT2D eigenvalue weighted by atomic mass is 10.1. The molecule has 0 bridgehead atoms. The molecule has 8 heteroatoms. The molecule has 0 aliphatic heterocycles. The summed E-state index contributed by atoms with van der Waals surface area (Å²) in [5.41, 5.74) is 2.04. The molecule has 156 valence electrons. The van der Waals surface area contributed by atoms with Crippen LogP contribution in [0.2, 0.25) is 0 Å². The van der Waals surface area contributed by atoms with Gasteiger partial charge in [0.25, 0.3) is 0 Å². The van der Waals surface area contributed by atoms with E-state index in [1.165, 1.54) is 12.1 Å². The van der Waals surface area contributed by atoms with Gasteiger partial charge in [-0.05, 0) is 71.8 Å². The Balaban J connectivity index is 1.52. The highest BCUT2D eigenvalue weighted by Crippen LogP contribution is 2.40. The molecule has 2 aromatic carbocycles. The Bertz CT molecular complexity index is 1250.